The van der Waals surface area contributed by atoms with Crippen LogP contribution in [0.3, 0.4) is 0 Å². The van der Waals surface area contributed by atoms with Gasteiger partial charge in [-0.2, -0.15) is 0 Å². The van der Waals surface area contributed by atoms with Gasteiger partial charge in [-0.3, -0.25) is 9.59 Å². The number of carbonyl (C=O) groups excluding carboxylic acids is 2. The quantitative estimate of drug-likeness (QED) is 0.518. The first-order valence-electron chi connectivity index (χ1n) is 8.61. The molecular formula is C21H15BrFNO3S. The summed E-state index contributed by atoms with van der Waals surface area (Å²) in [5, 5.41) is 4.67. The first kappa shape index (κ1) is 18.8. The molecule has 0 aliphatic carbocycles. The SMILES string of the molecule is CCOc1cc(-c2csc3c2C(=O)C(F)(c2ccccc2)C(=O)N3)ccc1Br. The molecule has 0 saturated carbocycles. The van der Waals surface area contributed by atoms with E-state index in [1.54, 1.807) is 29.6 Å². The van der Waals surface area contributed by atoms with E-state index in [1.165, 1.54) is 23.5 Å². The summed E-state index contributed by atoms with van der Waals surface area (Å²) in [5.41, 5.74) is -1.28. The zero-order chi connectivity index (χ0) is 19.9. The molecule has 1 amide bonds. The Balaban J connectivity index is 1.85. The predicted octanol–water partition coefficient (Wildman–Crippen LogP) is 5.58. The van der Waals surface area contributed by atoms with Crippen LogP contribution in [-0.4, -0.2) is 18.3 Å². The molecule has 1 atom stereocenters. The van der Waals surface area contributed by atoms with E-state index in [4.69, 9.17) is 4.74 Å². The van der Waals surface area contributed by atoms with E-state index in [0.29, 0.717) is 28.5 Å². The lowest BCUT2D eigenvalue weighted by molar-refractivity contribution is -0.125. The van der Waals surface area contributed by atoms with Crippen LogP contribution < -0.4 is 10.1 Å². The average Bonchev–Trinajstić information content (AvgIpc) is 3.12. The second-order valence-corrected chi connectivity index (χ2v) is 7.97. The van der Waals surface area contributed by atoms with Crippen molar-refractivity contribution in [2.75, 3.05) is 11.9 Å². The van der Waals surface area contributed by atoms with E-state index in [2.05, 4.69) is 21.2 Å². The van der Waals surface area contributed by atoms with Crippen LogP contribution >= 0.6 is 27.3 Å². The van der Waals surface area contributed by atoms with E-state index >= 15 is 4.39 Å². The Kier molecular flexibility index (Phi) is 4.81. The third kappa shape index (κ3) is 2.86. The van der Waals surface area contributed by atoms with Crippen LogP contribution in [0.2, 0.25) is 0 Å². The first-order valence-corrected chi connectivity index (χ1v) is 10.3. The molecule has 1 unspecified atom stereocenters. The highest BCUT2D eigenvalue weighted by atomic mass is 79.9. The lowest BCUT2D eigenvalue weighted by Crippen LogP contribution is -2.47. The highest BCUT2D eigenvalue weighted by Gasteiger charge is 2.53. The average molecular weight is 460 g/mol. The molecule has 0 bridgehead atoms. The molecule has 1 N–H and O–H groups in total. The monoisotopic (exact) mass is 459 g/mol. The van der Waals surface area contributed by atoms with Gasteiger partial charge in [0.15, 0.2) is 0 Å². The van der Waals surface area contributed by atoms with Gasteiger partial charge in [-0.15, -0.1) is 11.3 Å². The number of ether oxygens (including phenoxy) is 1. The topological polar surface area (TPSA) is 55.4 Å². The summed E-state index contributed by atoms with van der Waals surface area (Å²) in [6, 6.07) is 13.2. The van der Waals surface area contributed by atoms with Gasteiger partial charge in [-0.25, -0.2) is 4.39 Å². The van der Waals surface area contributed by atoms with Gasteiger partial charge < -0.3 is 10.1 Å². The Morgan fingerprint density at radius 3 is 2.64 bits per heavy atom. The highest BCUT2D eigenvalue weighted by Crippen LogP contribution is 2.46. The van der Waals surface area contributed by atoms with Crippen LogP contribution in [0, 0.1) is 0 Å². The van der Waals surface area contributed by atoms with E-state index in [-0.39, 0.29) is 11.1 Å². The molecule has 7 heteroatoms. The molecule has 0 saturated heterocycles. The number of amides is 1. The third-order valence-corrected chi connectivity index (χ3v) is 6.14. The van der Waals surface area contributed by atoms with Crippen molar-refractivity contribution in [1.29, 1.82) is 0 Å². The van der Waals surface area contributed by atoms with Crippen LogP contribution in [0.25, 0.3) is 11.1 Å². The van der Waals surface area contributed by atoms with Crippen molar-refractivity contribution in [3.05, 3.63) is 69.5 Å². The number of alkyl halides is 1. The largest absolute Gasteiger partial charge is 0.493 e. The van der Waals surface area contributed by atoms with E-state index in [0.717, 1.165) is 4.47 Å². The van der Waals surface area contributed by atoms with Crippen molar-refractivity contribution in [2.24, 2.45) is 0 Å². The molecule has 4 rings (SSSR count). The van der Waals surface area contributed by atoms with Crippen molar-refractivity contribution in [3.8, 4) is 16.9 Å². The van der Waals surface area contributed by atoms with E-state index in [1.807, 2.05) is 19.1 Å². The molecule has 0 fully saturated rings. The number of hydrogen-bond acceptors (Lipinski definition) is 4. The molecule has 1 aliphatic heterocycles. The number of thiophene rings is 1. The Labute approximate surface area is 173 Å². The van der Waals surface area contributed by atoms with Gasteiger partial charge >= 0.3 is 0 Å². The summed E-state index contributed by atoms with van der Waals surface area (Å²) in [5.74, 6) is -1.19. The predicted molar refractivity (Wildman–Crippen MR) is 111 cm³/mol. The molecule has 28 heavy (non-hydrogen) atoms. The van der Waals surface area contributed by atoms with Crippen molar-refractivity contribution >= 4 is 44.0 Å². The highest BCUT2D eigenvalue weighted by molar-refractivity contribution is 9.10. The maximum Gasteiger partial charge on any atom is 0.275 e. The van der Waals surface area contributed by atoms with Crippen molar-refractivity contribution in [3.63, 3.8) is 0 Å². The van der Waals surface area contributed by atoms with Crippen LogP contribution in [0.15, 0.2) is 58.4 Å². The fraction of sp³-hybridized carbons (Fsp3) is 0.143. The molecule has 1 aliphatic rings. The Hall–Kier alpha value is -2.51. The van der Waals surface area contributed by atoms with Crippen LogP contribution in [0.1, 0.15) is 22.8 Å². The fourth-order valence-corrected chi connectivity index (χ4v) is 4.54. The zero-order valence-corrected chi connectivity index (χ0v) is 17.2. The molecule has 4 nitrogen and oxygen atoms in total. The number of rotatable bonds is 4. The number of halogens is 2. The minimum Gasteiger partial charge on any atom is -0.493 e. The summed E-state index contributed by atoms with van der Waals surface area (Å²) in [4.78, 5) is 25.7. The van der Waals surface area contributed by atoms with Gasteiger partial charge in [0.1, 0.15) is 10.8 Å². The van der Waals surface area contributed by atoms with E-state index < -0.39 is 17.4 Å². The number of benzene rings is 2. The van der Waals surface area contributed by atoms with Crippen LogP contribution in [0.4, 0.5) is 9.39 Å². The minimum absolute atomic E-state index is 0.0195. The van der Waals surface area contributed by atoms with Gasteiger partial charge in [0.25, 0.3) is 11.6 Å². The van der Waals surface area contributed by atoms with Gasteiger partial charge in [-0.05, 0) is 40.5 Å². The molecule has 2 heterocycles. The maximum absolute atomic E-state index is 15.8. The summed E-state index contributed by atoms with van der Waals surface area (Å²) >= 11 is 4.63. The molecule has 2 aromatic carbocycles. The number of anilines is 1. The summed E-state index contributed by atoms with van der Waals surface area (Å²) in [6.07, 6.45) is 0. The molecule has 3 aromatic rings. The number of carbonyl (C=O) groups is 2. The first-order chi connectivity index (χ1) is 13.5. The van der Waals surface area contributed by atoms with Gasteiger partial charge in [0.2, 0.25) is 5.78 Å². The Bertz CT molecular complexity index is 1080. The smallest absolute Gasteiger partial charge is 0.275 e. The summed E-state index contributed by atoms with van der Waals surface area (Å²) < 4.78 is 22.2. The molecule has 1 aromatic heterocycles. The molecule has 142 valence electrons. The lowest BCUT2D eigenvalue weighted by atomic mass is 9.83. The van der Waals surface area contributed by atoms with Gasteiger partial charge in [-0.1, -0.05) is 36.4 Å². The summed E-state index contributed by atoms with van der Waals surface area (Å²) in [6.45, 7) is 2.36. The number of fused-ring (bicyclic) bond motifs is 1. The summed E-state index contributed by atoms with van der Waals surface area (Å²) in [7, 11) is 0. The number of hydrogen-bond donors (Lipinski definition) is 1. The number of nitrogens with one attached hydrogen (secondary N) is 1. The standard InChI is InChI=1S/C21H15BrFNO3S/c1-2-27-16-10-12(8-9-15(16)22)14-11-28-19-17(14)18(25)21(23,20(26)24-19)13-6-4-3-5-7-13/h3-11H,2H2,1H3,(H,24,26). The normalized spacial score (nSPS) is 18.5. The third-order valence-electron chi connectivity index (χ3n) is 4.58. The Morgan fingerprint density at radius 1 is 1.18 bits per heavy atom. The minimum atomic E-state index is -2.76. The lowest BCUT2D eigenvalue weighted by Gasteiger charge is -2.28. The fourth-order valence-electron chi connectivity index (χ4n) is 3.22. The second kappa shape index (κ2) is 7.14. The molecule has 0 radical (unpaired) electrons. The van der Waals surface area contributed by atoms with Crippen LogP contribution in [-0.2, 0) is 10.5 Å². The van der Waals surface area contributed by atoms with Crippen LogP contribution in [0.5, 0.6) is 5.75 Å². The van der Waals surface area contributed by atoms with Crippen molar-refractivity contribution in [1.82, 2.24) is 0 Å². The van der Waals surface area contributed by atoms with E-state index in [9.17, 15) is 9.59 Å². The maximum atomic E-state index is 15.8. The van der Waals surface area contributed by atoms with Crippen molar-refractivity contribution < 1.29 is 18.7 Å². The van der Waals surface area contributed by atoms with Gasteiger partial charge in [0.05, 0.1) is 16.6 Å². The van der Waals surface area contributed by atoms with Crippen molar-refractivity contribution in [2.45, 2.75) is 12.6 Å². The number of ketones is 1. The second-order valence-electron chi connectivity index (χ2n) is 6.24. The number of Topliss-reactive ketones (excluding diaryl/α,β-unsaturated/α-hetero) is 1. The van der Waals surface area contributed by atoms with Gasteiger partial charge in [0, 0.05) is 16.5 Å². The Morgan fingerprint density at radius 2 is 1.93 bits per heavy atom. The zero-order valence-electron chi connectivity index (χ0n) is 14.8. The molecule has 0 spiro atoms. The molecular weight excluding hydrogens is 445 g/mol.